The Kier molecular flexibility index (Phi) is 5.58. The summed E-state index contributed by atoms with van der Waals surface area (Å²) in [6.07, 6.45) is 3.34. The van der Waals surface area contributed by atoms with Crippen molar-refractivity contribution in [3.05, 3.63) is 94.3 Å². The minimum Gasteiger partial charge on any atom is -0.495 e. The molecule has 4 rings (SSSR count). The first-order chi connectivity index (χ1) is 15.0. The monoisotopic (exact) mass is 419 g/mol. The molecule has 2 aromatic heterocycles. The number of nitrogens with zero attached hydrogens (tertiary/aromatic N) is 2. The Morgan fingerprint density at radius 3 is 2.55 bits per heavy atom. The minimum absolute atomic E-state index is 0.156. The van der Waals surface area contributed by atoms with E-state index in [4.69, 9.17) is 4.74 Å². The molecule has 0 fully saturated rings. The van der Waals surface area contributed by atoms with Crippen LogP contribution in [0.25, 0.3) is 10.9 Å². The first-order valence-electron chi connectivity index (χ1n) is 9.82. The molecule has 0 saturated heterocycles. The summed E-state index contributed by atoms with van der Waals surface area (Å²) in [7, 11) is 1.53. The summed E-state index contributed by atoms with van der Waals surface area (Å²) in [5.41, 5.74) is 2.11. The number of hydrogen-bond acceptors (Lipinski definition) is 3. The number of benzene rings is 2. The van der Waals surface area contributed by atoms with Crippen LogP contribution in [0.15, 0.2) is 71.8 Å². The molecule has 1 amide bonds. The molecule has 0 aliphatic heterocycles. The number of carbonyl (C=O) groups is 1. The number of methoxy groups -OCH3 is 1. The van der Waals surface area contributed by atoms with E-state index >= 15 is 0 Å². The standard InChI is InChI=1S/C24H22FN3O3/c1-16-7-8-21(31-2)20(13-16)26-22(29)15-28-12-10-17-9-11-27(23(17)24(28)30)14-18-5-3-4-6-19(18)25/h3-13H,14-15H2,1-2H3,(H,26,29). The van der Waals surface area contributed by atoms with Crippen LogP contribution in [0.1, 0.15) is 11.1 Å². The summed E-state index contributed by atoms with van der Waals surface area (Å²) in [6, 6.07) is 15.5. The van der Waals surface area contributed by atoms with E-state index in [1.807, 2.05) is 19.1 Å². The van der Waals surface area contributed by atoms with Crippen molar-refractivity contribution in [3.8, 4) is 5.75 Å². The lowest BCUT2D eigenvalue weighted by Crippen LogP contribution is -2.28. The van der Waals surface area contributed by atoms with Gasteiger partial charge in [0, 0.05) is 23.3 Å². The van der Waals surface area contributed by atoms with Gasteiger partial charge in [-0.25, -0.2) is 4.39 Å². The van der Waals surface area contributed by atoms with E-state index in [-0.39, 0.29) is 30.4 Å². The van der Waals surface area contributed by atoms with Crippen LogP contribution < -0.4 is 15.6 Å². The van der Waals surface area contributed by atoms with Gasteiger partial charge in [-0.3, -0.25) is 9.59 Å². The number of pyridine rings is 1. The van der Waals surface area contributed by atoms with Crippen molar-refractivity contribution in [2.75, 3.05) is 12.4 Å². The molecule has 0 spiro atoms. The molecule has 4 aromatic rings. The topological polar surface area (TPSA) is 65.3 Å². The fraction of sp³-hybridized carbons (Fsp3) is 0.167. The summed E-state index contributed by atoms with van der Waals surface area (Å²) >= 11 is 0. The van der Waals surface area contributed by atoms with Gasteiger partial charge in [-0.1, -0.05) is 24.3 Å². The van der Waals surface area contributed by atoms with Gasteiger partial charge in [0.15, 0.2) is 0 Å². The van der Waals surface area contributed by atoms with Crippen LogP contribution in [0.4, 0.5) is 10.1 Å². The third-order valence-electron chi connectivity index (χ3n) is 5.13. The Morgan fingerprint density at radius 1 is 1.06 bits per heavy atom. The van der Waals surface area contributed by atoms with Crippen LogP contribution in [0, 0.1) is 12.7 Å². The number of aromatic nitrogens is 2. The number of rotatable bonds is 6. The quantitative estimate of drug-likeness (QED) is 0.515. The number of carbonyl (C=O) groups excluding carboxylic acids is 1. The van der Waals surface area contributed by atoms with Crippen molar-refractivity contribution in [1.29, 1.82) is 0 Å². The first-order valence-corrected chi connectivity index (χ1v) is 9.82. The smallest absolute Gasteiger partial charge is 0.275 e. The number of nitrogens with one attached hydrogen (secondary N) is 1. The van der Waals surface area contributed by atoms with Gasteiger partial charge in [0.05, 0.1) is 19.3 Å². The Balaban J connectivity index is 1.61. The number of anilines is 1. The number of amides is 1. The van der Waals surface area contributed by atoms with Crippen molar-refractivity contribution in [1.82, 2.24) is 9.13 Å². The van der Waals surface area contributed by atoms with E-state index < -0.39 is 0 Å². The second kappa shape index (κ2) is 8.47. The molecular weight excluding hydrogens is 397 g/mol. The Morgan fingerprint density at radius 2 is 1.81 bits per heavy atom. The largest absolute Gasteiger partial charge is 0.495 e. The Bertz CT molecular complexity index is 1320. The van der Waals surface area contributed by atoms with Crippen LogP contribution in [-0.4, -0.2) is 22.2 Å². The van der Waals surface area contributed by atoms with Crippen molar-refractivity contribution in [2.24, 2.45) is 0 Å². The first kappa shape index (κ1) is 20.4. The normalized spacial score (nSPS) is 10.9. The zero-order valence-corrected chi connectivity index (χ0v) is 17.3. The molecule has 1 N–H and O–H groups in total. The molecule has 7 heteroatoms. The lowest BCUT2D eigenvalue weighted by Gasteiger charge is -2.12. The van der Waals surface area contributed by atoms with Gasteiger partial charge >= 0.3 is 0 Å². The molecule has 2 aromatic carbocycles. The average molecular weight is 419 g/mol. The molecule has 0 atom stereocenters. The third kappa shape index (κ3) is 4.21. The van der Waals surface area contributed by atoms with E-state index in [1.54, 1.807) is 53.4 Å². The van der Waals surface area contributed by atoms with Gasteiger partial charge in [0.1, 0.15) is 23.6 Å². The minimum atomic E-state index is -0.349. The molecule has 2 heterocycles. The highest BCUT2D eigenvalue weighted by molar-refractivity contribution is 5.92. The van der Waals surface area contributed by atoms with Gasteiger partial charge in [-0.2, -0.15) is 0 Å². The van der Waals surface area contributed by atoms with Crippen molar-refractivity contribution < 1.29 is 13.9 Å². The molecule has 0 aliphatic carbocycles. The highest BCUT2D eigenvalue weighted by Gasteiger charge is 2.13. The lowest BCUT2D eigenvalue weighted by molar-refractivity contribution is -0.116. The number of aryl methyl sites for hydroxylation is 1. The summed E-state index contributed by atoms with van der Waals surface area (Å²) in [5, 5.41) is 3.54. The molecular formula is C24H22FN3O3. The number of ether oxygens (including phenoxy) is 1. The predicted octanol–water partition coefficient (Wildman–Crippen LogP) is 3.95. The van der Waals surface area contributed by atoms with Gasteiger partial charge in [-0.05, 0) is 42.8 Å². The van der Waals surface area contributed by atoms with Crippen LogP contribution in [-0.2, 0) is 17.9 Å². The summed E-state index contributed by atoms with van der Waals surface area (Å²) in [6.45, 7) is 1.98. The second-order valence-corrected chi connectivity index (χ2v) is 7.34. The van der Waals surface area contributed by atoms with E-state index in [0.717, 1.165) is 10.9 Å². The van der Waals surface area contributed by atoms with Crippen molar-refractivity contribution in [2.45, 2.75) is 20.0 Å². The fourth-order valence-electron chi connectivity index (χ4n) is 3.57. The Hall–Kier alpha value is -3.87. The number of fused-ring (bicyclic) bond motifs is 1. The van der Waals surface area contributed by atoms with Gasteiger partial charge in [-0.15, -0.1) is 0 Å². The SMILES string of the molecule is COc1ccc(C)cc1NC(=O)Cn1ccc2ccn(Cc3ccccc3F)c2c1=O. The second-order valence-electron chi connectivity index (χ2n) is 7.34. The molecule has 0 bridgehead atoms. The summed E-state index contributed by atoms with van der Waals surface area (Å²) in [4.78, 5) is 25.7. The van der Waals surface area contributed by atoms with Gasteiger partial charge in [0.2, 0.25) is 5.91 Å². The summed E-state index contributed by atoms with van der Waals surface area (Å²) in [5.74, 6) is -0.134. The molecule has 0 unspecified atom stereocenters. The average Bonchev–Trinajstić information content (AvgIpc) is 3.15. The van der Waals surface area contributed by atoms with Crippen molar-refractivity contribution in [3.63, 3.8) is 0 Å². The molecule has 0 saturated carbocycles. The maximum atomic E-state index is 14.1. The van der Waals surface area contributed by atoms with E-state index in [2.05, 4.69) is 5.32 Å². The van der Waals surface area contributed by atoms with E-state index in [9.17, 15) is 14.0 Å². The zero-order chi connectivity index (χ0) is 22.0. The van der Waals surface area contributed by atoms with Crippen LogP contribution in [0.2, 0.25) is 0 Å². The molecule has 0 radical (unpaired) electrons. The highest BCUT2D eigenvalue weighted by atomic mass is 19.1. The van der Waals surface area contributed by atoms with E-state index in [0.29, 0.717) is 22.5 Å². The maximum Gasteiger partial charge on any atom is 0.275 e. The van der Waals surface area contributed by atoms with Crippen LogP contribution in [0.5, 0.6) is 5.75 Å². The summed E-state index contributed by atoms with van der Waals surface area (Å²) < 4.78 is 22.4. The van der Waals surface area contributed by atoms with Gasteiger partial charge in [0.25, 0.3) is 5.56 Å². The van der Waals surface area contributed by atoms with Crippen molar-refractivity contribution >= 4 is 22.5 Å². The molecule has 6 nitrogen and oxygen atoms in total. The maximum absolute atomic E-state index is 14.1. The van der Waals surface area contributed by atoms with E-state index in [1.165, 1.54) is 17.7 Å². The van der Waals surface area contributed by atoms with Crippen LogP contribution in [0.3, 0.4) is 0 Å². The predicted molar refractivity (Wildman–Crippen MR) is 118 cm³/mol. The van der Waals surface area contributed by atoms with Crippen LogP contribution >= 0.6 is 0 Å². The Labute approximate surface area is 178 Å². The third-order valence-corrected chi connectivity index (χ3v) is 5.13. The van der Waals surface area contributed by atoms with Gasteiger partial charge < -0.3 is 19.2 Å². The fourth-order valence-corrected chi connectivity index (χ4v) is 3.57. The number of halogens is 1. The molecule has 0 aliphatic rings. The molecule has 158 valence electrons. The zero-order valence-electron chi connectivity index (χ0n) is 17.3. The number of hydrogen-bond donors (Lipinski definition) is 1. The highest BCUT2D eigenvalue weighted by Crippen LogP contribution is 2.25. The lowest BCUT2D eigenvalue weighted by atomic mass is 10.2. The molecule has 31 heavy (non-hydrogen) atoms.